The van der Waals surface area contributed by atoms with Crippen LogP contribution in [0.25, 0.3) is 32.9 Å². The summed E-state index contributed by atoms with van der Waals surface area (Å²) < 4.78 is 7.97. The molecule has 0 spiro atoms. The Balaban J connectivity index is 1.42. The van der Waals surface area contributed by atoms with Crippen LogP contribution in [0, 0.1) is 0 Å². The molecule has 2 aromatic carbocycles. The number of amides is 4. The van der Waals surface area contributed by atoms with Crippen molar-refractivity contribution < 1.29 is 28.7 Å². The number of nitrogens with one attached hydrogen (secondary N) is 2. The van der Waals surface area contributed by atoms with Crippen LogP contribution in [-0.4, -0.2) is 87.3 Å². The number of hydrogen-bond acceptors (Lipinski definition) is 8. The van der Waals surface area contributed by atoms with Crippen LogP contribution in [0.3, 0.4) is 0 Å². The molecular weight excluding hydrogens is 580 g/mol. The Hall–Kier alpha value is -5.27. The fraction of sp³-hybridized carbons (Fsp3) is 0.387. The Kier molecular flexibility index (Phi) is 9.40. The van der Waals surface area contributed by atoms with Crippen LogP contribution >= 0.6 is 0 Å². The van der Waals surface area contributed by atoms with Crippen molar-refractivity contribution in [2.24, 2.45) is 12.8 Å². The highest BCUT2D eigenvalue weighted by Crippen LogP contribution is 2.39. The van der Waals surface area contributed by atoms with E-state index in [-0.39, 0.29) is 44.3 Å². The van der Waals surface area contributed by atoms with Gasteiger partial charge in [0, 0.05) is 49.7 Å². The van der Waals surface area contributed by atoms with Crippen molar-refractivity contribution in [3.05, 3.63) is 48.3 Å². The van der Waals surface area contributed by atoms with Gasteiger partial charge in [0.05, 0.1) is 36.6 Å². The Morgan fingerprint density at radius 1 is 0.978 bits per heavy atom. The number of nitrogens with two attached hydrogens (primary N) is 1. The third-order valence-corrected chi connectivity index (χ3v) is 8.08. The number of likely N-dealkylation sites (tertiary alicyclic amines) is 1. The number of carbonyl (C=O) groups is 5. The second-order valence-corrected chi connectivity index (χ2v) is 11.0. The van der Waals surface area contributed by atoms with E-state index in [1.54, 1.807) is 9.58 Å². The van der Waals surface area contributed by atoms with Gasteiger partial charge in [-0.1, -0.05) is 24.3 Å². The number of methoxy groups -OCH3 is 1. The summed E-state index contributed by atoms with van der Waals surface area (Å²) in [5.74, 6) is -2.12. The van der Waals surface area contributed by atoms with Crippen molar-refractivity contribution in [1.82, 2.24) is 35.1 Å². The molecule has 0 saturated carbocycles. The molecule has 14 nitrogen and oxygen atoms in total. The topological polar surface area (TPSA) is 184 Å². The van der Waals surface area contributed by atoms with Crippen molar-refractivity contribution in [3.8, 4) is 11.1 Å². The molecule has 45 heavy (non-hydrogen) atoms. The van der Waals surface area contributed by atoms with Crippen LogP contribution in [-0.2, 0) is 42.3 Å². The van der Waals surface area contributed by atoms with E-state index in [0.717, 1.165) is 38.6 Å². The van der Waals surface area contributed by atoms with Crippen LogP contribution in [0.5, 0.6) is 0 Å². The highest BCUT2D eigenvalue weighted by atomic mass is 16.5. The number of aromatic nitrogens is 4. The van der Waals surface area contributed by atoms with E-state index in [0.29, 0.717) is 25.9 Å². The van der Waals surface area contributed by atoms with Crippen molar-refractivity contribution in [2.75, 3.05) is 33.3 Å². The molecule has 4 N–H and O–H groups in total. The second-order valence-electron chi connectivity index (χ2n) is 11.0. The van der Waals surface area contributed by atoms with E-state index in [4.69, 9.17) is 10.8 Å². The third kappa shape index (κ3) is 7.11. The number of benzene rings is 2. The zero-order chi connectivity index (χ0) is 32.1. The van der Waals surface area contributed by atoms with E-state index in [1.165, 1.54) is 7.11 Å². The first-order chi connectivity index (χ1) is 21.6. The zero-order valence-corrected chi connectivity index (χ0v) is 25.2. The van der Waals surface area contributed by atoms with Gasteiger partial charge < -0.3 is 26.0 Å². The number of ether oxygens (including phenoxy) is 1. The average molecular weight is 617 g/mol. The predicted octanol–water partition coefficient (Wildman–Crippen LogP) is 0.967. The maximum Gasteiger partial charge on any atom is 0.325 e. The summed E-state index contributed by atoms with van der Waals surface area (Å²) in [7, 11) is 3.11. The maximum atomic E-state index is 12.9. The quantitative estimate of drug-likeness (QED) is 0.208. The van der Waals surface area contributed by atoms with Gasteiger partial charge in [-0.3, -0.25) is 33.3 Å². The molecule has 1 saturated heterocycles. The number of piperidine rings is 1. The summed E-state index contributed by atoms with van der Waals surface area (Å²) >= 11 is 0. The molecule has 0 atom stereocenters. The lowest BCUT2D eigenvalue weighted by molar-refractivity contribution is -0.141. The minimum absolute atomic E-state index is 0.0164. The summed E-state index contributed by atoms with van der Waals surface area (Å²) in [6.45, 7) is 0.304. The molecule has 1 aliphatic heterocycles. The van der Waals surface area contributed by atoms with Gasteiger partial charge in [-0.05, 0) is 36.1 Å². The number of rotatable bonds is 11. The molecule has 4 aromatic rings. The Labute approximate surface area is 258 Å². The predicted molar refractivity (Wildman–Crippen MR) is 164 cm³/mol. The van der Waals surface area contributed by atoms with E-state index < -0.39 is 23.7 Å². The summed E-state index contributed by atoms with van der Waals surface area (Å²) in [5.41, 5.74) is 9.73. The second kappa shape index (κ2) is 13.6. The van der Waals surface area contributed by atoms with Gasteiger partial charge in [-0.2, -0.15) is 10.2 Å². The van der Waals surface area contributed by atoms with Crippen LogP contribution in [0.1, 0.15) is 37.3 Å². The van der Waals surface area contributed by atoms with Crippen molar-refractivity contribution >= 4 is 51.4 Å². The SMILES string of the molecule is COC(=O)CNC(=O)CNC(=O)Cn1nc(C2CCN(C(=O)CCC(N)=O)CC2)c2c(-c3ccc4cnn(C)c4c3)cccc21. The Bertz CT molecular complexity index is 1770. The first-order valence-electron chi connectivity index (χ1n) is 14.7. The molecule has 14 heteroatoms. The molecule has 2 aromatic heterocycles. The number of hydrogen-bond donors (Lipinski definition) is 3. The highest BCUT2D eigenvalue weighted by Gasteiger charge is 2.29. The number of esters is 1. The standard InChI is InChI=1S/C31H36N8O6/c1-37-24-14-20(6-7-21(24)15-35-37)22-4-3-5-23-30(22)31(19-10-12-38(13-11-19)28(43)9-8-25(32)40)36-39(23)18-27(42)33-16-26(41)34-17-29(44)45-2/h3-7,14-15,19H,8-13,16-18H2,1-2H3,(H2,32,40)(H,33,42)(H,34,41). The largest absolute Gasteiger partial charge is 0.468 e. The molecule has 1 fully saturated rings. The van der Waals surface area contributed by atoms with Crippen LogP contribution in [0.2, 0.25) is 0 Å². The van der Waals surface area contributed by atoms with E-state index in [2.05, 4.69) is 26.5 Å². The normalized spacial score (nSPS) is 13.6. The lowest BCUT2D eigenvalue weighted by Gasteiger charge is -2.31. The molecule has 0 bridgehead atoms. The molecule has 0 radical (unpaired) electrons. The maximum absolute atomic E-state index is 12.9. The Morgan fingerprint density at radius 2 is 1.73 bits per heavy atom. The molecule has 236 valence electrons. The van der Waals surface area contributed by atoms with Gasteiger partial charge in [-0.15, -0.1) is 0 Å². The number of fused-ring (bicyclic) bond motifs is 2. The zero-order valence-electron chi connectivity index (χ0n) is 25.2. The van der Waals surface area contributed by atoms with Crippen molar-refractivity contribution in [2.45, 2.75) is 38.1 Å². The summed E-state index contributed by atoms with van der Waals surface area (Å²) in [6.07, 6.45) is 3.25. The van der Waals surface area contributed by atoms with Gasteiger partial charge in [0.15, 0.2) is 0 Å². The van der Waals surface area contributed by atoms with E-state index in [1.807, 2.05) is 48.3 Å². The lowest BCUT2D eigenvalue weighted by Crippen LogP contribution is -2.40. The minimum Gasteiger partial charge on any atom is -0.468 e. The van der Waals surface area contributed by atoms with Crippen LogP contribution in [0.15, 0.2) is 42.6 Å². The molecule has 0 aliphatic carbocycles. The van der Waals surface area contributed by atoms with Gasteiger partial charge >= 0.3 is 5.97 Å². The number of carbonyl (C=O) groups excluding carboxylic acids is 5. The molecule has 1 aliphatic rings. The van der Waals surface area contributed by atoms with Gasteiger partial charge in [0.2, 0.25) is 23.6 Å². The van der Waals surface area contributed by atoms with Crippen molar-refractivity contribution in [3.63, 3.8) is 0 Å². The first kappa shape index (κ1) is 31.2. The monoisotopic (exact) mass is 616 g/mol. The van der Waals surface area contributed by atoms with Crippen LogP contribution < -0.4 is 16.4 Å². The number of nitrogens with zero attached hydrogens (tertiary/aromatic N) is 5. The van der Waals surface area contributed by atoms with Crippen LogP contribution in [0.4, 0.5) is 0 Å². The number of aryl methyl sites for hydroxylation is 1. The third-order valence-electron chi connectivity index (χ3n) is 8.08. The molecule has 3 heterocycles. The molecule has 4 amide bonds. The summed E-state index contributed by atoms with van der Waals surface area (Å²) in [6, 6.07) is 12.0. The number of primary amides is 1. The summed E-state index contributed by atoms with van der Waals surface area (Å²) in [5, 5.41) is 16.2. The molecule has 5 rings (SSSR count). The van der Waals surface area contributed by atoms with E-state index >= 15 is 0 Å². The molecular formula is C31H36N8O6. The summed E-state index contributed by atoms with van der Waals surface area (Å²) in [4.78, 5) is 61.9. The molecule has 0 unspecified atom stereocenters. The average Bonchev–Trinajstić information content (AvgIpc) is 3.61. The smallest absolute Gasteiger partial charge is 0.325 e. The fourth-order valence-corrected chi connectivity index (χ4v) is 5.68. The fourth-order valence-electron chi connectivity index (χ4n) is 5.68. The Morgan fingerprint density at radius 3 is 2.47 bits per heavy atom. The van der Waals surface area contributed by atoms with Gasteiger partial charge in [0.25, 0.3) is 0 Å². The minimum atomic E-state index is -0.593. The first-order valence-corrected chi connectivity index (χ1v) is 14.7. The highest BCUT2D eigenvalue weighted by molar-refractivity contribution is 6.00. The van der Waals surface area contributed by atoms with Crippen molar-refractivity contribution in [1.29, 1.82) is 0 Å². The van der Waals surface area contributed by atoms with Gasteiger partial charge in [0.1, 0.15) is 13.1 Å². The lowest BCUT2D eigenvalue weighted by atomic mass is 9.89. The van der Waals surface area contributed by atoms with Gasteiger partial charge in [-0.25, -0.2) is 0 Å². The van der Waals surface area contributed by atoms with E-state index in [9.17, 15) is 24.0 Å².